The summed E-state index contributed by atoms with van der Waals surface area (Å²) in [5, 5.41) is 0. The van der Waals surface area contributed by atoms with Gasteiger partial charge in [-0.3, -0.25) is 9.59 Å². The Labute approximate surface area is 192 Å². The zero-order chi connectivity index (χ0) is 22.8. The van der Waals surface area contributed by atoms with Crippen molar-refractivity contribution in [1.29, 1.82) is 0 Å². The molecule has 1 atom stereocenters. The van der Waals surface area contributed by atoms with Crippen molar-refractivity contribution in [3.8, 4) is 11.4 Å². The molecule has 2 aromatic carbocycles. The number of rotatable bonds is 3. The van der Waals surface area contributed by atoms with Gasteiger partial charge >= 0.3 is 0 Å². The van der Waals surface area contributed by atoms with Gasteiger partial charge in [0.15, 0.2) is 0 Å². The van der Waals surface area contributed by atoms with E-state index in [0.29, 0.717) is 55.7 Å². The lowest BCUT2D eigenvalue weighted by molar-refractivity contribution is -0.136. The molecule has 0 spiro atoms. The van der Waals surface area contributed by atoms with E-state index in [1.807, 2.05) is 23.1 Å². The van der Waals surface area contributed by atoms with E-state index in [-0.39, 0.29) is 23.2 Å². The Morgan fingerprint density at radius 1 is 0.939 bits per heavy atom. The maximum absolute atomic E-state index is 13.3. The first-order valence-corrected chi connectivity index (χ1v) is 11.6. The first-order valence-electron chi connectivity index (χ1n) is 11.6. The number of hydrogen-bond donors (Lipinski definition) is 1. The van der Waals surface area contributed by atoms with Gasteiger partial charge in [-0.2, -0.15) is 0 Å². The van der Waals surface area contributed by atoms with E-state index >= 15 is 0 Å². The molecule has 1 aromatic heterocycles. The fourth-order valence-electron chi connectivity index (χ4n) is 4.86. The van der Waals surface area contributed by atoms with Crippen LogP contribution in [-0.2, 0) is 17.6 Å². The quantitative estimate of drug-likeness (QED) is 0.626. The first-order chi connectivity index (χ1) is 16.1. The third kappa shape index (κ3) is 4.53. The highest BCUT2D eigenvalue weighted by Crippen LogP contribution is 2.26. The number of fused-ring (bicyclic) bond motifs is 1. The molecule has 1 aliphatic heterocycles. The Bertz CT molecular complexity index is 1190. The number of carbonyl (C=O) groups excluding carboxylic acids is 1. The summed E-state index contributed by atoms with van der Waals surface area (Å²) < 4.78 is 13.3. The molecule has 6 nitrogen and oxygen atoms in total. The van der Waals surface area contributed by atoms with Gasteiger partial charge in [0.1, 0.15) is 11.6 Å². The van der Waals surface area contributed by atoms with Crippen LogP contribution in [-0.4, -0.2) is 47.0 Å². The maximum Gasteiger partial charge on any atom is 0.254 e. The number of benzene rings is 2. The Kier molecular flexibility index (Phi) is 5.94. The van der Waals surface area contributed by atoms with Crippen LogP contribution >= 0.6 is 0 Å². The molecule has 5 rings (SSSR count). The molecule has 1 fully saturated rings. The van der Waals surface area contributed by atoms with Gasteiger partial charge in [-0.15, -0.1) is 0 Å². The van der Waals surface area contributed by atoms with E-state index in [0.717, 1.165) is 18.8 Å². The van der Waals surface area contributed by atoms with Crippen molar-refractivity contribution in [2.45, 2.75) is 25.7 Å². The number of anilines is 1. The number of carbonyl (C=O) groups is 1. The molecule has 3 aromatic rings. The molecule has 0 radical (unpaired) electrons. The molecule has 2 heterocycles. The molecular formula is C26H27FN4O2. The van der Waals surface area contributed by atoms with E-state index in [1.54, 1.807) is 12.1 Å². The van der Waals surface area contributed by atoms with Crippen LogP contribution in [0.3, 0.4) is 0 Å². The smallest absolute Gasteiger partial charge is 0.254 e. The molecule has 1 aliphatic carbocycles. The molecule has 1 N–H and O–H groups in total. The molecule has 0 saturated carbocycles. The van der Waals surface area contributed by atoms with Crippen LogP contribution in [0.25, 0.3) is 11.4 Å². The van der Waals surface area contributed by atoms with Crippen LogP contribution < -0.4 is 10.5 Å². The summed E-state index contributed by atoms with van der Waals surface area (Å²) in [6.07, 6.45) is 2.48. The van der Waals surface area contributed by atoms with Crippen LogP contribution in [0.4, 0.5) is 10.1 Å². The predicted molar refractivity (Wildman–Crippen MR) is 126 cm³/mol. The second-order valence-electron chi connectivity index (χ2n) is 8.77. The van der Waals surface area contributed by atoms with Crippen LogP contribution in [0.1, 0.15) is 24.1 Å². The number of amides is 1. The van der Waals surface area contributed by atoms with Gasteiger partial charge in [0, 0.05) is 48.9 Å². The molecule has 2 aliphatic rings. The maximum atomic E-state index is 13.3. The highest BCUT2D eigenvalue weighted by atomic mass is 19.1. The Hall–Kier alpha value is -3.48. The van der Waals surface area contributed by atoms with Gasteiger partial charge in [0.25, 0.3) is 5.56 Å². The van der Waals surface area contributed by atoms with E-state index in [2.05, 4.69) is 27.0 Å². The van der Waals surface area contributed by atoms with Crippen molar-refractivity contribution in [2.24, 2.45) is 5.92 Å². The number of nitrogens with zero attached hydrogens (tertiary/aromatic N) is 3. The summed E-state index contributed by atoms with van der Waals surface area (Å²) in [7, 11) is 0. The third-order valence-electron chi connectivity index (χ3n) is 6.75. The van der Waals surface area contributed by atoms with Gasteiger partial charge < -0.3 is 14.8 Å². The number of H-pyrrole nitrogens is 1. The molecule has 1 saturated heterocycles. The van der Waals surface area contributed by atoms with Gasteiger partial charge in [0.05, 0.1) is 5.69 Å². The van der Waals surface area contributed by atoms with Gasteiger partial charge in [-0.05, 0) is 62.1 Å². The summed E-state index contributed by atoms with van der Waals surface area (Å²) in [5.74, 6) is 0.198. The molecular weight excluding hydrogens is 419 g/mol. The molecule has 1 amide bonds. The molecule has 1 unspecified atom stereocenters. The van der Waals surface area contributed by atoms with Crippen LogP contribution in [0.5, 0.6) is 0 Å². The summed E-state index contributed by atoms with van der Waals surface area (Å²) >= 11 is 0. The first kappa shape index (κ1) is 21.4. The van der Waals surface area contributed by atoms with Crippen molar-refractivity contribution in [3.05, 3.63) is 82.0 Å². The third-order valence-corrected chi connectivity index (χ3v) is 6.75. The SMILES string of the molecule is O=C(C1CCc2nc(-c3ccc(F)cc3)[nH]c(=O)c2CC1)N1CCN(c2ccccc2)CC1. The molecule has 33 heavy (non-hydrogen) atoms. The lowest BCUT2D eigenvalue weighted by Crippen LogP contribution is -2.50. The number of aromatic amines is 1. The minimum absolute atomic E-state index is 0.101. The average Bonchev–Trinajstić information content (AvgIpc) is 3.08. The zero-order valence-electron chi connectivity index (χ0n) is 18.5. The van der Waals surface area contributed by atoms with Crippen molar-refractivity contribution in [2.75, 3.05) is 31.1 Å². The summed E-state index contributed by atoms with van der Waals surface area (Å²) in [5.41, 5.74) is 3.12. The minimum atomic E-state index is -0.332. The van der Waals surface area contributed by atoms with Crippen molar-refractivity contribution >= 4 is 11.6 Å². The van der Waals surface area contributed by atoms with E-state index in [9.17, 15) is 14.0 Å². The second kappa shape index (κ2) is 9.17. The monoisotopic (exact) mass is 446 g/mol. The Balaban J connectivity index is 1.25. The predicted octanol–water partition coefficient (Wildman–Crippen LogP) is 3.42. The fourth-order valence-corrected chi connectivity index (χ4v) is 4.86. The second-order valence-corrected chi connectivity index (χ2v) is 8.77. The van der Waals surface area contributed by atoms with Crippen molar-refractivity contribution in [3.63, 3.8) is 0 Å². The zero-order valence-corrected chi connectivity index (χ0v) is 18.5. The number of aromatic nitrogens is 2. The van der Waals surface area contributed by atoms with E-state index in [4.69, 9.17) is 0 Å². The van der Waals surface area contributed by atoms with Gasteiger partial charge in [0.2, 0.25) is 5.91 Å². The summed E-state index contributed by atoms with van der Waals surface area (Å²) in [6, 6.07) is 16.2. The molecule has 0 bridgehead atoms. The number of para-hydroxylation sites is 1. The number of hydrogen-bond acceptors (Lipinski definition) is 4. The average molecular weight is 447 g/mol. The van der Waals surface area contributed by atoms with Crippen LogP contribution in [0, 0.1) is 11.7 Å². The number of halogens is 1. The van der Waals surface area contributed by atoms with Crippen molar-refractivity contribution < 1.29 is 9.18 Å². The largest absolute Gasteiger partial charge is 0.368 e. The van der Waals surface area contributed by atoms with Crippen molar-refractivity contribution in [1.82, 2.24) is 14.9 Å². The van der Waals surface area contributed by atoms with Gasteiger partial charge in [-0.25, -0.2) is 9.37 Å². The Morgan fingerprint density at radius 3 is 2.36 bits per heavy atom. The topological polar surface area (TPSA) is 69.3 Å². The summed E-state index contributed by atoms with van der Waals surface area (Å²) in [4.78, 5) is 37.8. The number of piperazine rings is 1. The molecule has 170 valence electrons. The number of nitrogens with one attached hydrogen (secondary N) is 1. The van der Waals surface area contributed by atoms with Crippen LogP contribution in [0.2, 0.25) is 0 Å². The van der Waals surface area contributed by atoms with E-state index in [1.165, 1.54) is 17.8 Å². The summed E-state index contributed by atoms with van der Waals surface area (Å²) in [6.45, 7) is 3.07. The Morgan fingerprint density at radius 2 is 1.64 bits per heavy atom. The normalized spacial score (nSPS) is 18.5. The minimum Gasteiger partial charge on any atom is -0.368 e. The molecule has 7 heteroatoms. The lowest BCUT2D eigenvalue weighted by Gasteiger charge is -2.37. The number of aryl methyl sites for hydroxylation is 1. The standard InChI is InChI=1S/C26H27FN4O2/c27-20-10-6-18(7-11-20)24-28-23-13-9-19(8-12-22(23)25(32)29-24)26(33)31-16-14-30(15-17-31)21-4-2-1-3-5-21/h1-7,10-11,19H,8-9,12-17H2,(H,28,29,32). The van der Waals surface area contributed by atoms with E-state index < -0.39 is 0 Å². The van der Waals surface area contributed by atoms with Gasteiger partial charge in [-0.1, -0.05) is 18.2 Å². The van der Waals surface area contributed by atoms with Crippen LogP contribution in [0.15, 0.2) is 59.4 Å². The fraction of sp³-hybridized carbons (Fsp3) is 0.346. The highest BCUT2D eigenvalue weighted by molar-refractivity contribution is 5.79. The highest BCUT2D eigenvalue weighted by Gasteiger charge is 2.30. The lowest BCUT2D eigenvalue weighted by atomic mass is 9.97.